The minimum atomic E-state index is -0.761. The Morgan fingerprint density at radius 1 is 1.15 bits per heavy atom. The zero-order chi connectivity index (χ0) is 28.3. The Bertz CT molecular complexity index is 1360. The van der Waals surface area contributed by atoms with Crippen LogP contribution in [-0.2, 0) is 11.2 Å². The lowest BCUT2D eigenvalue weighted by molar-refractivity contribution is -0.115. The molecule has 1 saturated heterocycles. The van der Waals surface area contributed by atoms with E-state index in [1.165, 1.54) is 18.2 Å². The Hall–Kier alpha value is -3.47. The molecule has 1 aromatic heterocycles. The van der Waals surface area contributed by atoms with Gasteiger partial charge in [0.15, 0.2) is 11.6 Å². The predicted octanol–water partition coefficient (Wildman–Crippen LogP) is 4.65. The molecule has 1 aliphatic heterocycles. The van der Waals surface area contributed by atoms with E-state index in [9.17, 15) is 14.0 Å². The van der Waals surface area contributed by atoms with Crippen LogP contribution in [0.15, 0.2) is 42.5 Å². The van der Waals surface area contributed by atoms with Gasteiger partial charge in [-0.15, -0.1) is 5.10 Å². The fourth-order valence-electron chi connectivity index (χ4n) is 4.51. The van der Waals surface area contributed by atoms with E-state index < -0.39 is 11.9 Å². The topological polar surface area (TPSA) is 122 Å². The summed E-state index contributed by atoms with van der Waals surface area (Å²) >= 11 is 12.3. The summed E-state index contributed by atoms with van der Waals surface area (Å²) in [5.74, 6) is -0.893. The molecule has 0 aliphatic carbocycles. The van der Waals surface area contributed by atoms with E-state index in [2.05, 4.69) is 20.8 Å². The summed E-state index contributed by atoms with van der Waals surface area (Å²) in [7, 11) is 0. The fourth-order valence-corrected chi connectivity index (χ4v) is 5.19. The first-order valence-corrected chi connectivity index (χ1v) is 13.1. The van der Waals surface area contributed by atoms with Gasteiger partial charge in [0, 0.05) is 53.1 Å². The van der Waals surface area contributed by atoms with E-state index in [1.807, 2.05) is 18.7 Å². The number of carbonyl (C=O) groups is 2. The monoisotopic (exact) mass is 574 g/mol. The molecule has 0 spiro atoms. The van der Waals surface area contributed by atoms with E-state index in [4.69, 9.17) is 33.7 Å². The molecular formula is C27H29Cl2FN6O3. The second-order valence-electron chi connectivity index (χ2n) is 9.58. The summed E-state index contributed by atoms with van der Waals surface area (Å²) in [6.45, 7) is 7.00. The van der Waals surface area contributed by atoms with Gasteiger partial charge in [-0.3, -0.25) is 9.59 Å². The Labute approximate surface area is 235 Å². The van der Waals surface area contributed by atoms with Gasteiger partial charge in [-0.2, -0.15) is 5.10 Å². The highest BCUT2D eigenvalue weighted by Gasteiger charge is 2.25. The Morgan fingerprint density at radius 3 is 2.49 bits per heavy atom. The molecule has 1 fully saturated rings. The van der Waals surface area contributed by atoms with E-state index in [-0.39, 0.29) is 57.5 Å². The average Bonchev–Trinajstić information content (AvgIpc) is 2.88. The highest BCUT2D eigenvalue weighted by molar-refractivity contribution is 6.36. The predicted molar refractivity (Wildman–Crippen MR) is 149 cm³/mol. The molecule has 206 valence electrons. The largest absolute Gasteiger partial charge is 0.482 e. The molecule has 0 unspecified atom stereocenters. The third-order valence-corrected chi connectivity index (χ3v) is 6.94. The van der Waals surface area contributed by atoms with E-state index >= 15 is 0 Å². The molecule has 2 amide bonds. The van der Waals surface area contributed by atoms with Crippen molar-refractivity contribution in [1.82, 2.24) is 20.4 Å². The lowest BCUT2D eigenvalue weighted by atomic mass is 10.1. The Morgan fingerprint density at radius 2 is 1.82 bits per heavy atom. The van der Waals surface area contributed by atoms with Crippen molar-refractivity contribution in [2.45, 2.75) is 45.4 Å². The molecule has 12 heteroatoms. The number of nitrogens with zero attached hydrogens (tertiary/aromatic N) is 3. The molecule has 0 bridgehead atoms. The molecular weight excluding hydrogens is 546 g/mol. The number of amides is 2. The van der Waals surface area contributed by atoms with E-state index in [1.54, 1.807) is 31.2 Å². The maximum Gasteiger partial charge on any atom is 0.253 e. The third kappa shape index (κ3) is 6.95. The van der Waals surface area contributed by atoms with Crippen LogP contribution in [0.2, 0.25) is 10.0 Å². The first kappa shape index (κ1) is 28.5. The van der Waals surface area contributed by atoms with Gasteiger partial charge >= 0.3 is 0 Å². The number of aromatic nitrogens is 2. The maximum absolute atomic E-state index is 13.9. The number of hydrogen-bond acceptors (Lipinski definition) is 7. The van der Waals surface area contributed by atoms with Crippen LogP contribution in [-0.4, -0.2) is 52.1 Å². The van der Waals surface area contributed by atoms with Crippen LogP contribution in [0.5, 0.6) is 5.75 Å². The standard InChI is InChI=1S/C27H29Cl2FN6O3/c1-14-12-36(13-15(2)32-14)27(38)17-4-6-18(7-5-17)33-23(37)11-19-10-22(26(31)35-34-19)39-16(3)24-20(28)8-9-21(30)25(24)29/h4-10,14-16,32H,11-13H2,1-3H3,(H2,31,35)(H,33,37)/t14-,15+,16-/m1/s1. The van der Waals surface area contributed by atoms with Gasteiger partial charge in [0.25, 0.3) is 5.91 Å². The van der Waals surface area contributed by atoms with Crippen molar-refractivity contribution in [2.24, 2.45) is 0 Å². The van der Waals surface area contributed by atoms with E-state index in [0.717, 1.165) is 0 Å². The number of nitrogens with one attached hydrogen (secondary N) is 2. The summed E-state index contributed by atoms with van der Waals surface area (Å²) in [6.07, 6.45) is -0.876. The van der Waals surface area contributed by atoms with Crippen LogP contribution < -0.4 is 21.1 Å². The van der Waals surface area contributed by atoms with Crippen molar-refractivity contribution in [3.8, 4) is 5.75 Å². The first-order valence-electron chi connectivity index (χ1n) is 12.4. The fraction of sp³-hybridized carbons (Fsp3) is 0.333. The quantitative estimate of drug-likeness (QED) is 0.351. The molecule has 39 heavy (non-hydrogen) atoms. The third-order valence-electron chi connectivity index (χ3n) is 6.23. The Balaban J connectivity index is 1.39. The summed E-state index contributed by atoms with van der Waals surface area (Å²) < 4.78 is 19.8. The SMILES string of the molecule is C[C@@H]1CN(C(=O)c2ccc(NC(=O)Cc3cc(O[C@H](C)c4c(Cl)ccc(F)c4Cl)c(N)nn3)cc2)C[C@H](C)N1. The van der Waals surface area contributed by atoms with Crippen LogP contribution >= 0.6 is 23.2 Å². The van der Waals surface area contributed by atoms with Gasteiger partial charge in [0.1, 0.15) is 11.9 Å². The first-order chi connectivity index (χ1) is 18.5. The van der Waals surface area contributed by atoms with Gasteiger partial charge in [-0.05, 0) is 57.2 Å². The molecule has 2 heterocycles. The molecule has 1 aliphatic rings. The van der Waals surface area contributed by atoms with Crippen LogP contribution in [0.25, 0.3) is 0 Å². The van der Waals surface area contributed by atoms with E-state index in [0.29, 0.717) is 30.0 Å². The van der Waals surface area contributed by atoms with Gasteiger partial charge in [-0.25, -0.2) is 4.39 Å². The number of halogens is 3. The second kappa shape index (κ2) is 12.1. The highest BCUT2D eigenvalue weighted by atomic mass is 35.5. The number of nitrogens with two attached hydrogens (primary N) is 1. The lowest BCUT2D eigenvalue weighted by Gasteiger charge is -2.36. The summed E-state index contributed by atoms with van der Waals surface area (Å²) in [6, 6.07) is 11.2. The number of carbonyl (C=O) groups excluding carboxylic acids is 2. The van der Waals surface area contributed by atoms with Gasteiger partial charge in [0.2, 0.25) is 5.91 Å². The highest BCUT2D eigenvalue weighted by Crippen LogP contribution is 2.35. The molecule has 4 N–H and O–H groups in total. The zero-order valence-electron chi connectivity index (χ0n) is 21.7. The van der Waals surface area contributed by atoms with Crippen molar-refractivity contribution in [1.29, 1.82) is 0 Å². The minimum absolute atomic E-state index is 0.0109. The number of ether oxygens (including phenoxy) is 1. The lowest BCUT2D eigenvalue weighted by Crippen LogP contribution is -2.55. The second-order valence-corrected chi connectivity index (χ2v) is 10.4. The van der Waals surface area contributed by atoms with Gasteiger partial charge < -0.3 is 26.0 Å². The molecule has 2 aromatic carbocycles. The summed E-state index contributed by atoms with van der Waals surface area (Å²) in [5.41, 5.74) is 7.55. The van der Waals surface area contributed by atoms with Crippen LogP contribution in [0.1, 0.15) is 48.5 Å². The van der Waals surface area contributed by atoms with Crippen molar-refractivity contribution in [2.75, 3.05) is 24.1 Å². The smallest absolute Gasteiger partial charge is 0.253 e. The number of benzene rings is 2. The van der Waals surface area contributed by atoms with Crippen LogP contribution in [0.3, 0.4) is 0 Å². The summed E-state index contributed by atoms with van der Waals surface area (Å²) in [5, 5.41) is 14.1. The number of anilines is 2. The van der Waals surface area contributed by atoms with Crippen molar-refractivity contribution in [3.05, 3.63) is 75.1 Å². The molecule has 0 saturated carbocycles. The number of hydrogen-bond donors (Lipinski definition) is 3. The molecule has 9 nitrogen and oxygen atoms in total. The minimum Gasteiger partial charge on any atom is -0.482 e. The summed E-state index contributed by atoms with van der Waals surface area (Å²) in [4.78, 5) is 27.4. The normalized spacial score (nSPS) is 17.9. The van der Waals surface area contributed by atoms with Crippen LogP contribution in [0, 0.1) is 5.82 Å². The molecule has 4 rings (SSSR count). The number of piperazine rings is 1. The molecule has 0 radical (unpaired) electrons. The average molecular weight is 575 g/mol. The molecule has 3 aromatic rings. The van der Waals surface area contributed by atoms with Crippen molar-refractivity contribution >= 4 is 46.5 Å². The van der Waals surface area contributed by atoms with Gasteiger partial charge in [-0.1, -0.05) is 23.2 Å². The number of rotatable bonds is 7. The number of nitrogen functional groups attached to an aromatic ring is 1. The molecule has 3 atom stereocenters. The maximum atomic E-state index is 13.9. The van der Waals surface area contributed by atoms with Crippen LogP contribution in [0.4, 0.5) is 15.9 Å². The zero-order valence-corrected chi connectivity index (χ0v) is 23.2. The van der Waals surface area contributed by atoms with Crippen molar-refractivity contribution in [3.63, 3.8) is 0 Å². The van der Waals surface area contributed by atoms with Gasteiger partial charge in [0.05, 0.1) is 17.1 Å². The Kier molecular flexibility index (Phi) is 8.89. The van der Waals surface area contributed by atoms with Crippen molar-refractivity contribution < 1.29 is 18.7 Å².